The fourth-order valence-electron chi connectivity index (χ4n) is 1.21. The highest BCUT2D eigenvalue weighted by Gasteiger charge is 2.03. The number of guanidine groups is 1. The van der Waals surface area contributed by atoms with Gasteiger partial charge in [-0.2, -0.15) is 11.3 Å². The number of nitrogens with zero attached hydrogens (tertiary/aromatic N) is 1. The Hall–Kier alpha value is -0.390. The van der Waals surface area contributed by atoms with Gasteiger partial charge in [-0.1, -0.05) is 0 Å². The Bertz CT molecular complexity index is 474. The van der Waals surface area contributed by atoms with Crippen molar-refractivity contribution in [3.05, 3.63) is 22.4 Å². The van der Waals surface area contributed by atoms with Crippen molar-refractivity contribution in [2.75, 3.05) is 18.8 Å². The number of hydrogen-bond acceptors (Lipinski definition) is 4. The molecule has 1 rings (SSSR count). The van der Waals surface area contributed by atoms with Crippen molar-refractivity contribution in [1.29, 1.82) is 0 Å². The summed E-state index contributed by atoms with van der Waals surface area (Å²) in [5.41, 5.74) is 1.13. The largest absolute Gasteiger partial charge is 0.357 e. The zero-order valence-corrected chi connectivity index (χ0v) is 14.6. The van der Waals surface area contributed by atoms with Crippen LogP contribution in [0, 0.1) is 0 Å². The molecule has 1 aromatic rings. The van der Waals surface area contributed by atoms with E-state index < -0.39 is 10.0 Å². The van der Waals surface area contributed by atoms with Gasteiger partial charge in [-0.05, 0) is 29.3 Å². The Kier molecular flexibility index (Phi) is 9.31. The van der Waals surface area contributed by atoms with Gasteiger partial charge in [0.2, 0.25) is 10.0 Å². The second kappa shape index (κ2) is 9.50. The Morgan fingerprint density at radius 3 is 2.74 bits per heavy atom. The van der Waals surface area contributed by atoms with Crippen LogP contribution in [0.5, 0.6) is 0 Å². The van der Waals surface area contributed by atoms with E-state index in [4.69, 9.17) is 5.14 Å². The van der Waals surface area contributed by atoms with Crippen LogP contribution in [0.25, 0.3) is 0 Å². The van der Waals surface area contributed by atoms with Gasteiger partial charge in [-0.25, -0.2) is 18.5 Å². The Labute approximate surface area is 135 Å². The summed E-state index contributed by atoms with van der Waals surface area (Å²) in [6.45, 7) is 3.47. The molecule has 0 aromatic carbocycles. The predicted molar refractivity (Wildman–Crippen MR) is 90.5 cm³/mol. The van der Waals surface area contributed by atoms with E-state index in [1.807, 2.05) is 23.8 Å². The molecule has 0 saturated heterocycles. The summed E-state index contributed by atoms with van der Waals surface area (Å²) in [6, 6.07) is 2.00. The Morgan fingerprint density at radius 2 is 2.21 bits per heavy atom. The van der Waals surface area contributed by atoms with Gasteiger partial charge in [-0.15, -0.1) is 24.0 Å². The van der Waals surface area contributed by atoms with Crippen LogP contribution in [0.4, 0.5) is 0 Å². The van der Waals surface area contributed by atoms with Gasteiger partial charge in [0.25, 0.3) is 0 Å². The molecule has 19 heavy (non-hydrogen) atoms. The van der Waals surface area contributed by atoms with Crippen molar-refractivity contribution in [2.24, 2.45) is 10.1 Å². The van der Waals surface area contributed by atoms with E-state index in [1.165, 1.54) is 0 Å². The minimum Gasteiger partial charge on any atom is -0.357 e. The van der Waals surface area contributed by atoms with Crippen molar-refractivity contribution in [3.8, 4) is 0 Å². The molecule has 0 bridgehead atoms. The lowest BCUT2D eigenvalue weighted by Gasteiger charge is -2.10. The van der Waals surface area contributed by atoms with Gasteiger partial charge in [0.05, 0.1) is 12.3 Å². The zero-order chi connectivity index (χ0) is 13.4. The second-order valence-corrected chi connectivity index (χ2v) is 6.13. The van der Waals surface area contributed by atoms with E-state index in [0.717, 1.165) is 5.56 Å². The summed E-state index contributed by atoms with van der Waals surface area (Å²) in [6.07, 6.45) is 0. The quantitative estimate of drug-likeness (QED) is 0.360. The Balaban J connectivity index is 0.00000324. The van der Waals surface area contributed by atoms with Crippen LogP contribution in [0.1, 0.15) is 12.5 Å². The molecule has 0 amide bonds. The number of halogens is 1. The van der Waals surface area contributed by atoms with Crippen LogP contribution < -0.4 is 15.8 Å². The van der Waals surface area contributed by atoms with Gasteiger partial charge < -0.3 is 10.6 Å². The fraction of sp³-hybridized carbons (Fsp3) is 0.500. The van der Waals surface area contributed by atoms with Gasteiger partial charge >= 0.3 is 0 Å². The van der Waals surface area contributed by atoms with E-state index in [2.05, 4.69) is 15.6 Å². The molecule has 0 saturated carbocycles. The lowest BCUT2D eigenvalue weighted by atomic mass is 10.3. The van der Waals surface area contributed by atoms with Crippen molar-refractivity contribution < 1.29 is 8.42 Å². The van der Waals surface area contributed by atoms with Crippen LogP contribution in [-0.4, -0.2) is 33.2 Å². The number of thiophene rings is 1. The average molecular weight is 418 g/mol. The molecule has 0 fully saturated rings. The van der Waals surface area contributed by atoms with Gasteiger partial charge in [-0.3, -0.25) is 0 Å². The normalized spacial score (nSPS) is 11.8. The number of primary sulfonamides is 1. The molecule has 9 heteroatoms. The predicted octanol–water partition coefficient (Wildman–Crippen LogP) is 0.710. The summed E-state index contributed by atoms with van der Waals surface area (Å²) >= 11 is 1.62. The highest BCUT2D eigenvalue weighted by Crippen LogP contribution is 2.06. The number of hydrogen-bond donors (Lipinski definition) is 3. The number of nitrogens with two attached hydrogens (primary N) is 1. The fourth-order valence-corrected chi connectivity index (χ4v) is 2.25. The van der Waals surface area contributed by atoms with E-state index in [0.29, 0.717) is 19.0 Å². The van der Waals surface area contributed by atoms with Crippen LogP contribution in [0.3, 0.4) is 0 Å². The molecule has 1 heterocycles. The van der Waals surface area contributed by atoms with Crippen molar-refractivity contribution in [1.82, 2.24) is 10.6 Å². The lowest BCUT2D eigenvalue weighted by molar-refractivity contribution is 0.596. The maximum Gasteiger partial charge on any atom is 0.210 e. The van der Waals surface area contributed by atoms with Crippen LogP contribution in [0.15, 0.2) is 21.8 Å². The molecular weight excluding hydrogens is 399 g/mol. The maximum atomic E-state index is 10.8. The summed E-state index contributed by atoms with van der Waals surface area (Å²) < 4.78 is 21.6. The molecule has 0 aliphatic heterocycles. The molecule has 0 unspecified atom stereocenters. The first-order valence-corrected chi connectivity index (χ1v) is 8.21. The van der Waals surface area contributed by atoms with E-state index in [1.54, 1.807) is 11.3 Å². The summed E-state index contributed by atoms with van der Waals surface area (Å²) in [5.74, 6) is 0.475. The molecule has 4 N–H and O–H groups in total. The van der Waals surface area contributed by atoms with Crippen molar-refractivity contribution in [2.45, 2.75) is 13.5 Å². The highest BCUT2D eigenvalue weighted by molar-refractivity contribution is 14.0. The van der Waals surface area contributed by atoms with Gasteiger partial charge in [0.1, 0.15) is 0 Å². The molecule has 0 aliphatic carbocycles. The van der Waals surface area contributed by atoms with E-state index in [9.17, 15) is 8.42 Å². The minimum atomic E-state index is -3.44. The molecule has 0 aliphatic rings. The smallest absolute Gasteiger partial charge is 0.210 e. The Morgan fingerprint density at radius 1 is 1.47 bits per heavy atom. The summed E-state index contributed by atoms with van der Waals surface area (Å²) in [5, 5.41) is 14.9. The first kappa shape index (κ1) is 18.6. The van der Waals surface area contributed by atoms with Gasteiger partial charge in [0.15, 0.2) is 5.96 Å². The average Bonchev–Trinajstić information content (AvgIpc) is 2.77. The van der Waals surface area contributed by atoms with Crippen molar-refractivity contribution in [3.63, 3.8) is 0 Å². The van der Waals surface area contributed by atoms with Gasteiger partial charge in [0, 0.05) is 13.1 Å². The molecule has 1 aromatic heterocycles. The monoisotopic (exact) mass is 418 g/mol. The molecule has 0 spiro atoms. The first-order chi connectivity index (χ1) is 8.51. The van der Waals surface area contributed by atoms with Crippen LogP contribution in [0.2, 0.25) is 0 Å². The van der Waals surface area contributed by atoms with E-state index >= 15 is 0 Å². The topological polar surface area (TPSA) is 96.6 Å². The third kappa shape index (κ3) is 9.19. The number of sulfonamides is 1. The van der Waals surface area contributed by atoms with E-state index in [-0.39, 0.29) is 36.3 Å². The van der Waals surface area contributed by atoms with Crippen LogP contribution in [-0.2, 0) is 16.6 Å². The number of nitrogens with one attached hydrogen (secondary N) is 2. The zero-order valence-electron chi connectivity index (χ0n) is 10.6. The molecule has 0 atom stereocenters. The third-order valence-corrected chi connectivity index (χ3v) is 3.53. The standard InChI is InChI=1S/C10H18N4O2S2.HI/c1-2-12-10(13-4-6-18(11,15)16)14-7-9-3-5-17-8-9;/h3,5,8H,2,4,6-7H2,1H3,(H2,11,15,16)(H2,12,13,14);1H. The SMILES string of the molecule is CCNC(=NCc1ccsc1)NCCS(N)(=O)=O.I. The molecule has 110 valence electrons. The lowest BCUT2D eigenvalue weighted by Crippen LogP contribution is -2.40. The second-order valence-electron chi connectivity index (χ2n) is 3.62. The number of aliphatic imine (C=N–C) groups is 1. The first-order valence-electron chi connectivity index (χ1n) is 5.55. The molecule has 0 radical (unpaired) electrons. The van der Waals surface area contributed by atoms with Crippen molar-refractivity contribution >= 4 is 51.3 Å². The third-order valence-electron chi connectivity index (χ3n) is 2.02. The summed E-state index contributed by atoms with van der Waals surface area (Å²) in [4.78, 5) is 4.34. The highest BCUT2D eigenvalue weighted by atomic mass is 127. The minimum absolute atomic E-state index is 0. The number of rotatable bonds is 6. The van der Waals surface area contributed by atoms with Crippen LogP contribution >= 0.6 is 35.3 Å². The molecule has 6 nitrogen and oxygen atoms in total. The molecular formula is C10H19IN4O2S2. The maximum absolute atomic E-state index is 10.8. The summed E-state index contributed by atoms with van der Waals surface area (Å²) in [7, 11) is -3.44.